The molecule has 0 aliphatic carbocycles. The molecule has 0 fully saturated rings. The van der Waals surface area contributed by atoms with Crippen LogP contribution in [0.5, 0.6) is 0 Å². The minimum Gasteiger partial charge on any atom is -0.395 e. The van der Waals surface area contributed by atoms with Crippen LogP contribution < -0.4 is 10.6 Å². The summed E-state index contributed by atoms with van der Waals surface area (Å²) in [6, 6.07) is 8.08. The van der Waals surface area contributed by atoms with Crippen molar-refractivity contribution in [2.24, 2.45) is 5.73 Å². The molecule has 2 unspecified atom stereocenters. The van der Waals surface area contributed by atoms with E-state index in [-0.39, 0.29) is 18.6 Å². The molecular formula is C12H20N2O. The van der Waals surface area contributed by atoms with E-state index < -0.39 is 0 Å². The summed E-state index contributed by atoms with van der Waals surface area (Å²) in [5, 5.41) is 8.98. The van der Waals surface area contributed by atoms with Crippen molar-refractivity contribution < 1.29 is 5.11 Å². The van der Waals surface area contributed by atoms with E-state index in [0.717, 1.165) is 0 Å². The molecule has 0 amide bonds. The lowest BCUT2D eigenvalue weighted by molar-refractivity contribution is 0.252. The number of hydrogen-bond donors (Lipinski definition) is 2. The molecule has 0 heterocycles. The van der Waals surface area contributed by atoms with Gasteiger partial charge in [0.15, 0.2) is 0 Å². The molecule has 0 spiro atoms. The van der Waals surface area contributed by atoms with E-state index in [4.69, 9.17) is 10.8 Å². The van der Waals surface area contributed by atoms with Crippen molar-refractivity contribution in [2.75, 3.05) is 25.6 Å². The zero-order valence-electron chi connectivity index (χ0n) is 9.64. The second-order valence-corrected chi connectivity index (χ2v) is 4.12. The van der Waals surface area contributed by atoms with Gasteiger partial charge in [-0.15, -0.1) is 0 Å². The SMILES string of the molecule is CC(c1ccc(N(C)C)cc1)C(N)CO. The summed E-state index contributed by atoms with van der Waals surface area (Å²) < 4.78 is 0. The molecule has 1 rings (SSSR count). The maximum Gasteiger partial charge on any atom is 0.0588 e. The molecule has 84 valence electrons. The Bertz CT molecular complexity index is 295. The second kappa shape index (κ2) is 5.14. The van der Waals surface area contributed by atoms with E-state index >= 15 is 0 Å². The highest BCUT2D eigenvalue weighted by Gasteiger charge is 2.13. The maximum atomic E-state index is 8.98. The minimum absolute atomic E-state index is 0.0244. The number of nitrogens with two attached hydrogens (primary N) is 1. The van der Waals surface area contributed by atoms with Crippen LogP contribution in [-0.2, 0) is 0 Å². The maximum absolute atomic E-state index is 8.98. The lowest BCUT2D eigenvalue weighted by Crippen LogP contribution is -2.30. The molecule has 0 aliphatic rings. The second-order valence-electron chi connectivity index (χ2n) is 4.12. The summed E-state index contributed by atoms with van der Waals surface area (Å²) in [4.78, 5) is 2.06. The van der Waals surface area contributed by atoms with Gasteiger partial charge in [0.1, 0.15) is 0 Å². The molecule has 1 aromatic rings. The fourth-order valence-corrected chi connectivity index (χ4v) is 1.48. The Balaban J connectivity index is 2.79. The van der Waals surface area contributed by atoms with Crippen LogP contribution in [0, 0.1) is 0 Å². The molecule has 3 N–H and O–H groups in total. The molecule has 0 bridgehead atoms. The van der Waals surface area contributed by atoms with Gasteiger partial charge in [0.05, 0.1) is 6.61 Å². The Morgan fingerprint density at radius 1 is 1.27 bits per heavy atom. The highest BCUT2D eigenvalue weighted by atomic mass is 16.3. The van der Waals surface area contributed by atoms with Crippen molar-refractivity contribution >= 4 is 5.69 Å². The molecule has 0 aromatic heterocycles. The van der Waals surface area contributed by atoms with Gasteiger partial charge in [-0.3, -0.25) is 0 Å². The Labute approximate surface area is 91.5 Å². The molecule has 1 aromatic carbocycles. The quantitative estimate of drug-likeness (QED) is 0.781. The summed E-state index contributed by atoms with van der Waals surface area (Å²) in [6.45, 7) is 2.06. The van der Waals surface area contributed by atoms with Crippen molar-refractivity contribution in [1.29, 1.82) is 0 Å². The highest BCUT2D eigenvalue weighted by Crippen LogP contribution is 2.21. The van der Waals surface area contributed by atoms with Crippen LogP contribution in [-0.4, -0.2) is 31.9 Å². The predicted octanol–water partition coefficient (Wildman–Crippen LogP) is 1.18. The van der Waals surface area contributed by atoms with Gasteiger partial charge in [-0.05, 0) is 23.6 Å². The van der Waals surface area contributed by atoms with Gasteiger partial charge in [-0.25, -0.2) is 0 Å². The van der Waals surface area contributed by atoms with E-state index in [2.05, 4.69) is 29.2 Å². The Kier molecular flexibility index (Phi) is 4.12. The minimum atomic E-state index is -0.185. The first-order chi connectivity index (χ1) is 7.06. The fraction of sp³-hybridized carbons (Fsp3) is 0.500. The van der Waals surface area contributed by atoms with Crippen LogP contribution in [0.2, 0.25) is 0 Å². The van der Waals surface area contributed by atoms with Crippen molar-refractivity contribution in [3.8, 4) is 0 Å². The van der Waals surface area contributed by atoms with Crippen LogP contribution in [0.4, 0.5) is 5.69 Å². The molecule has 0 aliphatic heterocycles. The van der Waals surface area contributed by atoms with Gasteiger partial charge < -0.3 is 15.7 Å². The molecule has 15 heavy (non-hydrogen) atoms. The molecule has 0 saturated heterocycles. The van der Waals surface area contributed by atoms with Gasteiger partial charge in [-0.2, -0.15) is 0 Å². The Hall–Kier alpha value is -1.06. The number of benzene rings is 1. The number of rotatable bonds is 4. The van der Waals surface area contributed by atoms with Crippen molar-refractivity contribution in [3.05, 3.63) is 29.8 Å². The summed E-state index contributed by atoms with van der Waals surface area (Å²) >= 11 is 0. The monoisotopic (exact) mass is 208 g/mol. The molecule has 0 radical (unpaired) electrons. The van der Waals surface area contributed by atoms with Gasteiger partial charge >= 0.3 is 0 Å². The Morgan fingerprint density at radius 3 is 2.20 bits per heavy atom. The summed E-state index contributed by atoms with van der Waals surface area (Å²) in [5.74, 6) is 0.186. The highest BCUT2D eigenvalue weighted by molar-refractivity contribution is 5.46. The molecular weight excluding hydrogens is 188 g/mol. The van der Waals surface area contributed by atoms with Crippen molar-refractivity contribution in [2.45, 2.75) is 18.9 Å². The average Bonchev–Trinajstić information content (AvgIpc) is 2.27. The zero-order chi connectivity index (χ0) is 11.4. The lowest BCUT2D eigenvalue weighted by Gasteiger charge is -2.19. The third-order valence-electron chi connectivity index (χ3n) is 2.79. The molecule has 2 atom stereocenters. The first kappa shape index (κ1) is 12.0. The van der Waals surface area contributed by atoms with Gasteiger partial charge in [0.25, 0.3) is 0 Å². The van der Waals surface area contributed by atoms with E-state index in [1.54, 1.807) is 0 Å². The van der Waals surface area contributed by atoms with E-state index in [0.29, 0.717) is 0 Å². The zero-order valence-corrected chi connectivity index (χ0v) is 9.64. The summed E-state index contributed by atoms with van der Waals surface area (Å²) in [6.07, 6.45) is 0. The van der Waals surface area contributed by atoms with Crippen LogP contribution in [0.1, 0.15) is 18.4 Å². The van der Waals surface area contributed by atoms with E-state index in [1.165, 1.54) is 11.3 Å². The lowest BCUT2D eigenvalue weighted by atomic mass is 9.94. The summed E-state index contributed by atoms with van der Waals surface area (Å²) in [5.41, 5.74) is 8.12. The van der Waals surface area contributed by atoms with Gasteiger partial charge in [-0.1, -0.05) is 19.1 Å². The number of aliphatic hydroxyl groups excluding tert-OH is 1. The van der Waals surface area contributed by atoms with Crippen molar-refractivity contribution in [1.82, 2.24) is 0 Å². The van der Waals surface area contributed by atoms with Crippen LogP contribution in [0.3, 0.4) is 0 Å². The number of hydrogen-bond acceptors (Lipinski definition) is 3. The van der Waals surface area contributed by atoms with Crippen LogP contribution in [0.15, 0.2) is 24.3 Å². The van der Waals surface area contributed by atoms with Gasteiger partial charge in [0, 0.05) is 25.8 Å². The number of anilines is 1. The fourth-order valence-electron chi connectivity index (χ4n) is 1.48. The largest absolute Gasteiger partial charge is 0.395 e. The number of nitrogens with zero attached hydrogens (tertiary/aromatic N) is 1. The average molecular weight is 208 g/mol. The van der Waals surface area contributed by atoms with E-state index in [1.807, 2.05) is 21.0 Å². The Morgan fingerprint density at radius 2 is 1.80 bits per heavy atom. The van der Waals surface area contributed by atoms with Crippen LogP contribution in [0.25, 0.3) is 0 Å². The number of aliphatic hydroxyl groups is 1. The molecule has 3 nitrogen and oxygen atoms in total. The topological polar surface area (TPSA) is 49.5 Å². The first-order valence-electron chi connectivity index (χ1n) is 5.20. The van der Waals surface area contributed by atoms with Crippen LogP contribution >= 0.6 is 0 Å². The molecule has 0 saturated carbocycles. The standard InChI is InChI=1S/C12H20N2O/c1-9(12(13)8-15)10-4-6-11(7-5-10)14(2)3/h4-7,9,12,15H,8,13H2,1-3H3. The third-order valence-corrected chi connectivity index (χ3v) is 2.79. The molecule has 3 heteroatoms. The van der Waals surface area contributed by atoms with E-state index in [9.17, 15) is 0 Å². The normalized spacial score (nSPS) is 14.7. The first-order valence-corrected chi connectivity index (χ1v) is 5.20. The van der Waals surface area contributed by atoms with Gasteiger partial charge in [0.2, 0.25) is 0 Å². The van der Waals surface area contributed by atoms with Crippen molar-refractivity contribution in [3.63, 3.8) is 0 Å². The smallest absolute Gasteiger partial charge is 0.0588 e. The predicted molar refractivity (Wildman–Crippen MR) is 64.2 cm³/mol. The third kappa shape index (κ3) is 2.94. The summed E-state index contributed by atoms with van der Waals surface area (Å²) in [7, 11) is 4.02.